The fourth-order valence-electron chi connectivity index (χ4n) is 2.71. The molecule has 1 saturated heterocycles. The molecular formula is C18H21N3O4. The van der Waals surface area contributed by atoms with E-state index in [0.29, 0.717) is 12.2 Å². The van der Waals surface area contributed by atoms with Crippen molar-refractivity contribution in [2.24, 2.45) is 0 Å². The van der Waals surface area contributed by atoms with Crippen molar-refractivity contribution in [1.82, 2.24) is 14.9 Å². The summed E-state index contributed by atoms with van der Waals surface area (Å²) in [5.41, 5.74) is 1.10. The van der Waals surface area contributed by atoms with Crippen molar-refractivity contribution < 1.29 is 14.3 Å². The monoisotopic (exact) mass is 343 g/mol. The molecule has 1 aromatic carbocycles. The second kappa shape index (κ2) is 7.94. The number of ether oxygens (including phenoxy) is 2. The molecule has 1 aliphatic heterocycles. The molecule has 1 aliphatic rings. The average Bonchev–Trinajstić information content (AvgIpc) is 3.15. The quantitative estimate of drug-likeness (QED) is 0.853. The Morgan fingerprint density at radius 2 is 2.20 bits per heavy atom. The van der Waals surface area contributed by atoms with Crippen LogP contribution in [0.3, 0.4) is 0 Å². The molecule has 1 atom stereocenters. The molecule has 25 heavy (non-hydrogen) atoms. The predicted octanol–water partition coefficient (Wildman–Crippen LogP) is 1.21. The number of amides is 1. The third kappa shape index (κ3) is 4.45. The summed E-state index contributed by atoms with van der Waals surface area (Å²) >= 11 is 0. The van der Waals surface area contributed by atoms with E-state index < -0.39 is 0 Å². The van der Waals surface area contributed by atoms with Crippen molar-refractivity contribution in [1.29, 1.82) is 0 Å². The number of nitrogens with one attached hydrogen (secondary N) is 1. The van der Waals surface area contributed by atoms with Gasteiger partial charge in [0.2, 0.25) is 5.91 Å². The van der Waals surface area contributed by atoms with Crippen molar-refractivity contribution in [3.63, 3.8) is 0 Å². The molecule has 7 nitrogen and oxygen atoms in total. The largest absolute Gasteiger partial charge is 0.497 e. The Morgan fingerprint density at radius 1 is 1.40 bits per heavy atom. The lowest BCUT2D eigenvalue weighted by atomic mass is 10.1. The summed E-state index contributed by atoms with van der Waals surface area (Å²) < 4.78 is 11.9. The Morgan fingerprint density at radius 3 is 2.84 bits per heavy atom. The topological polar surface area (TPSA) is 82.5 Å². The summed E-state index contributed by atoms with van der Waals surface area (Å²) in [6, 6.07) is 8.70. The maximum absolute atomic E-state index is 12.2. The van der Waals surface area contributed by atoms with Gasteiger partial charge in [-0.15, -0.1) is 0 Å². The molecule has 0 radical (unpaired) electrons. The van der Waals surface area contributed by atoms with Gasteiger partial charge < -0.3 is 14.8 Å². The first-order valence-electron chi connectivity index (χ1n) is 8.25. The van der Waals surface area contributed by atoms with Gasteiger partial charge in [0.05, 0.1) is 25.2 Å². The summed E-state index contributed by atoms with van der Waals surface area (Å²) in [5, 5.41) is 2.79. The van der Waals surface area contributed by atoms with Crippen molar-refractivity contribution in [3.8, 4) is 17.0 Å². The number of hydrogen-bond acceptors (Lipinski definition) is 5. The van der Waals surface area contributed by atoms with Gasteiger partial charge in [0.1, 0.15) is 12.3 Å². The minimum atomic E-state index is -0.270. The maximum Gasteiger partial charge on any atom is 0.254 e. The van der Waals surface area contributed by atoms with Gasteiger partial charge in [-0.1, -0.05) is 0 Å². The number of aromatic nitrogens is 2. The molecule has 2 aromatic rings. The lowest BCUT2D eigenvalue weighted by molar-refractivity contribution is -0.122. The van der Waals surface area contributed by atoms with E-state index in [-0.39, 0.29) is 24.1 Å². The number of rotatable bonds is 6. The van der Waals surface area contributed by atoms with E-state index in [1.54, 1.807) is 19.2 Å². The van der Waals surface area contributed by atoms with Crippen LogP contribution >= 0.6 is 0 Å². The Bertz CT molecular complexity index is 780. The molecule has 1 amide bonds. The molecule has 1 aromatic heterocycles. The van der Waals surface area contributed by atoms with Crippen LogP contribution in [0.1, 0.15) is 12.8 Å². The second-order valence-electron chi connectivity index (χ2n) is 5.91. The van der Waals surface area contributed by atoms with Gasteiger partial charge in [-0.25, -0.2) is 4.98 Å². The number of carbonyl (C=O) groups is 1. The highest BCUT2D eigenvalue weighted by molar-refractivity contribution is 5.75. The van der Waals surface area contributed by atoms with Gasteiger partial charge in [0.25, 0.3) is 5.56 Å². The van der Waals surface area contributed by atoms with Gasteiger partial charge in [0, 0.05) is 24.8 Å². The Balaban J connectivity index is 1.62. The van der Waals surface area contributed by atoms with Gasteiger partial charge in [-0.05, 0) is 37.1 Å². The number of benzene rings is 1. The first kappa shape index (κ1) is 17.2. The molecule has 7 heteroatoms. The zero-order valence-electron chi connectivity index (χ0n) is 14.1. The van der Waals surface area contributed by atoms with Crippen LogP contribution in [0.15, 0.2) is 41.5 Å². The maximum atomic E-state index is 12.2. The van der Waals surface area contributed by atoms with Crippen LogP contribution in [-0.4, -0.2) is 41.8 Å². The normalized spacial score (nSPS) is 16.6. The number of carbonyl (C=O) groups excluding carboxylic acids is 1. The van der Waals surface area contributed by atoms with Crippen LogP contribution in [0.4, 0.5) is 0 Å². The van der Waals surface area contributed by atoms with E-state index in [4.69, 9.17) is 9.47 Å². The highest BCUT2D eigenvalue weighted by Gasteiger charge is 2.16. The summed E-state index contributed by atoms with van der Waals surface area (Å²) in [4.78, 5) is 28.5. The van der Waals surface area contributed by atoms with Gasteiger partial charge in [-0.2, -0.15) is 0 Å². The Labute approximate surface area is 145 Å². The minimum absolute atomic E-state index is 0.0541. The van der Waals surface area contributed by atoms with Gasteiger partial charge in [0.15, 0.2) is 0 Å². The van der Waals surface area contributed by atoms with E-state index in [1.165, 1.54) is 17.0 Å². The average molecular weight is 343 g/mol. The third-order valence-corrected chi connectivity index (χ3v) is 4.13. The van der Waals surface area contributed by atoms with Crippen LogP contribution in [0.5, 0.6) is 5.75 Å². The fraction of sp³-hybridized carbons (Fsp3) is 0.389. The molecule has 132 valence electrons. The van der Waals surface area contributed by atoms with Crippen molar-refractivity contribution in [2.45, 2.75) is 25.5 Å². The first-order chi connectivity index (χ1) is 12.2. The molecule has 0 aliphatic carbocycles. The number of methoxy groups -OCH3 is 1. The predicted molar refractivity (Wildman–Crippen MR) is 92.5 cm³/mol. The third-order valence-electron chi connectivity index (χ3n) is 4.13. The first-order valence-corrected chi connectivity index (χ1v) is 8.25. The van der Waals surface area contributed by atoms with Gasteiger partial charge >= 0.3 is 0 Å². The second-order valence-corrected chi connectivity index (χ2v) is 5.91. The molecule has 0 unspecified atom stereocenters. The molecule has 0 spiro atoms. The zero-order chi connectivity index (χ0) is 17.6. The molecular weight excluding hydrogens is 322 g/mol. The number of nitrogens with zero attached hydrogens (tertiary/aromatic N) is 2. The number of hydrogen-bond donors (Lipinski definition) is 1. The van der Waals surface area contributed by atoms with Gasteiger partial charge in [-0.3, -0.25) is 14.2 Å². The van der Waals surface area contributed by atoms with E-state index >= 15 is 0 Å². The van der Waals surface area contributed by atoms with E-state index in [9.17, 15) is 9.59 Å². The van der Waals surface area contributed by atoms with Crippen LogP contribution < -0.4 is 15.6 Å². The van der Waals surface area contributed by atoms with Crippen LogP contribution in [0.2, 0.25) is 0 Å². The lowest BCUT2D eigenvalue weighted by Crippen LogP contribution is -2.36. The molecule has 0 saturated carbocycles. The molecule has 1 N–H and O–H groups in total. The minimum Gasteiger partial charge on any atom is -0.497 e. The lowest BCUT2D eigenvalue weighted by Gasteiger charge is -2.11. The van der Waals surface area contributed by atoms with Crippen molar-refractivity contribution >= 4 is 5.91 Å². The smallest absolute Gasteiger partial charge is 0.254 e. The summed E-state index contributed by atoms with van der Waals surface area (Å²) in [6.07, 6.45) is 3.46. The van der Waals surface area contributed by atoms with E-state index in [2.05, 4.69) is 10.3 Å². The Kier molecular flexibility index (Phi) is 5.45. The highest BCUT2D eigenvalue weighted by atomic mass is 16.5. The van der Waals surface area contributed by atoms with Crippen LogP contribution in [0.25, 0.3) is 11.3 Å². The Hall–Kier alpha value is -2.67. The van der Waals surface area contributed by atoms with E-state index in [1.807, 2.05) is 12.1 Å². The molecule has 3 rings (SSSR count). The van der Waals surface area contributed by atoms with Crippen molar-refractivity contribution in [3.05, 3.63) is 47.0 Å². The van der Waals surface area contributed by atoms with Crippen LogP contribution in [0, 0.1) is 0 Å². The summed E-state index contributed by atoms with van der Waals surface area (Å²) in [7, 11) is 1.60. The molecule has 1 fully saturated rings. The standard InChI is InChI=1S/C18H21N3O4/c1-24-14-6-4-13(5-7-14)16-9-18(23)21(12-20-16)11-17(22)19-10-15-3-2-8-25-15/h4-7,9,12,15H,2-3,8,10-11H2,1H3,(H,19,22)/t15-/m0/s1. The summed E-state index contributed by atoms with van der Waals surface area (Å²) in [6.45, 7) is 1.17. The highest BCUT2D eigenvalue weighted by Crippen LogP contribution is 2.19. The van der Waals surface area contributed by atoms with Crippen molar-refractivity contribution in [2.75, 3.05) is 20.3 Å². The van der Waals surface area contributed by atoms with E-state index in [0.717, 1.165) is 30.8 Å². The summed E-state index contributed by atoms with van der Waals surface area (Å²) in [5.74, 6) is 0.511. The SMILES string of the molecule is COc1ccc(-c2cc(=O)n(CC(=O)NC[C@@H]3CCCO3)cn2)cc1. The molecule has 2 heterocycles. The van der Waals surface area contributed by atoms with Crippen LogP contribution in [-0.2, 0) is 16.1 Å². The zero-order valence-corrected chi connectivity index (χ0v) is 14.1. The molecule has 0 bridgehead atoms. The fourth-order valence-corrected chi connectivity index (χ4v) is 2.71.